The lowest BCUT2D eigenvalue weighted by atomic mass is 9.87. The number of rotatable bonds is 4. The maximum absolute atomic E-state index is 4.85. The van der Waals surface area contributed by atoms with E-state index in [0.29, 0.717) is 4.75 Å². The molecule has 0 bridgehead atoms. The molecular formula is C17H29N5S. The van der Waals surface area contributed by atoms with E-state index in [9.17, 15) is 0 Å². The Morgan fingerprint density at radius 1 is 1.35 bits per heavy atom. The van der Waals surface area contributed by atoms with Gasteiger partial charge in [0.1, 0.15) is 0 Å². The highest BCUT2D eigenvalue weighted by Gasteiger charge is 2.38. The molecule has 1 saturated heterocycles. The highest BCUT2D eigenvalue weighted by molar-refractivity contribution is 8.00. The zero-order chi connectivity index (χ0) is 16.0. The van der Waals surface area contributed by atoms with E-state index in [1.165, 1.54) is 37.9 Å². The van der Waals surface area contributed by atoms with Crippen LogP contribution in [0.25, 0.3) is 0 Å². The lowest BCUT2D eigenvalue weighted by molar-refractivity contribution is 0.293. The number of aliphatic imine (C=N–C) groups is 1. The van der Waals surface area contributed by atoms with Crippen LogP contribution in [0.15, 0.2) is 23.5 Å². The monoisotopic (exact) mass is 335 g/mol. The first-order chi connectivity index (χ1) is 11.3. The number of hydrogen-bond acceptors (Lipinski definition) is 3. The third-order valence-corrected chi connectivity index (χ3v) is 6.33. The Bertz CT molecular complexity index is 488. The fraction of sp³-hybridized carbons (Fsp3) is 0.765. The lowest BCUT2D eigenvalue weighted by Crippen LogP contribution is -2.53. The Morgan fingerprint density at radius 3 is 2.96 bits per heavy atom. The molecule has 6 heteroatoms. The van der Waals surface area contributed by atoms with Gasteiger partial charge in [0, 0.05) is 42.5 Å². The first-order valence-electron chi connectivity index (χ1n) is 8.96. The molecule has 1 N–H and O–H groups in total. The van der Waals surface area contributed by atoms with Crippen LogP contribution in [0.1, 0.15) is 39.0 Å². The molecule has 1 spiro atoms. The molecule has 1 aliphatic carbocycles. The lowest BCUT2D eigenvalue weighted by Gasteiger charge is -2.45. The summed E-state index contributed by atoms with van der Waals surface area (Å²) in [6.07, 6.45) is 10.8. The van der Waals surface area contributed by atoms with Gasteiger partial charge in [-0.3, -0.25) is 9.67 Å². The maximum Gasteiger partial charge on any atom is 0.194 e. The molecule has 0 radical (unpaired) electrons. The highest BCUT2D eigenvalue weighted by Crippen LogP contribution is 2.42. The third kappa shape index (κ3) is 4.43. The minimum Gasteiger partial charge on any atom is -0.357 e. The smallest absolute Gasteiger partial charge is 0.194 e. The summed E-state index contributed by atoms with van der Waals surface area (Å²) in [5.41, 5.74) is 0. The Labute approximate surface area is 143 Å². The second-order valence-electron chi connectivity index (χ2n) is 6.52. The van der Waals surface area contributed by atoms with Gasteiger partial charge in [0.15, 0.2) is 5.96 Å². The van der Waals surface area contributed by atoms with Crippen molar-refractivity contribution in [2.75, 3.05) is 31.9 Å². The van der Waals surface area contributed by atoms with Crippen molar-refractivity contribution < 1.29 is 0 Å². The summed E-state index contributed by atoms with van der Waals surface area (Å²) in [6, 6.07) is 1.96. The van der Waals surface area contributed by atoms with E-state index in [1.54, 1.807) is 0 Å². The molecule has 0 amide bonds. The predicted octanol–water partition coefficient (Wildman–Crippen LogP) is 2.60. The molecule has 23 heavy (non-hydrogen) atoms. The van der Waals surface area contributed by atoms with Crippen molar-refractivity contribution >= 4 is 17.7 Å². The molecule has 2 aliphatic rings. The molecule has 128 valence electrons. The normalized spacial score (nSPS) is 21.6. The molecule has 2 fully saturated rings. The summed E-state index contributed by atoms with van der Waals surface area (Å²) in [4.78, 5) is 7.35. The largest absolute Gasteiger partial charge is 0.357 e. The van der Waals surface area contributed by atoms with Gasteiger partial charge in [0.05, 0.1) is 13.1 Å². The second-order valence-corrected chi connectivity index (χ2v) is 8.08. The zero-order valence-corrected chi connectivity index (χ0v) is 15.0. The number of thioether (sulfide) groups is 1. The number of nitrogens with zero attached hydrogens (tertiary/aromatic N) is 4. The van der Waals surface area contributed by atoms with Gasteiger partial charge in [0.25, 0.3) is 0 Å². The van der Waals surface area contributed by atoms with E-state index >= 15 is 0 Å². The van der Waals surface area contributed by atoms with Crippen molar-refractivity contribution in [1.82, 2.24) is 20.0 Å². The predicted molar refractivity (Wildman–Crippen MR) is 98.1 cm³/mol. The molecule has 0 aromatic carbocycles. The van der Waals surface area contributed by atoms with Crippen LogP contribution in [0, 0.1) is 0 Å². The van der Waals surface area contributed by atoms with Gasteiger partial charge < -0.3 is 10.2 Å². The molecule has 1 aliphatic heterocycles. The summed E-state index contributed by atoms with van der Waals surface area (Å²) in [5, 5.41) is 7.74. The second kappa shape index (κ2) is 8.08. The van der Waals surface area contributed by atoms with Crippen LogP contribution in [0.2, 0.25) is 0 Å². The summed E-state index contributed by atoms with van der Waals surface area (Å²) in [6.45, 7) is 6.97. The van der Waals surface area contributed by atoms with Crippen LogP contribution in [0.3, 0.4) is 0 Å². The number of aromatic nitrogens is 2. The topological polar surface area (TPSA) is 45.5 Å². The standard InChI is InChI=1S/C17H29N5S/c1-2-18-16(19-10-12-22-11-6-9-20-22)21-13-14-23-17(15-21)7-4-3-5-8-17/h6,9,11H,2-5,7-8,10,12-15H2,1H3,(H,18,19). The van der Waals surface area contributed by atoms with Gasteiger partial charge in [-0.15, -0.1) is 0 Å². The number of hydrogen-bond donors (Lipinski definition) is 1. The van der Waals surface area contributed by atoms with Gasteiger partial charge >= 0.3 is 0 Å². The molecule has 0 atom stereocenters. The van der Waals surface area contributed by atoms with E-state index in [1.807, 2.05) is 23.1 Å². The SMILES string of the molecule is CCNC(=NCCn1cccn1)N1CCSC2(CCCCC2)C1. The first-order valence-corrected chi connectivity index (χ1v) is 9.94. The maximum atomic E-state index is 4.85. The van der Waals surface area contributed by atoms with E-state index in [-0.39, 0.29) is 0 Å². The van der Waals surface area contributed by atoms with Crippen molar-refractivity contribution in [3.63, 3.8) is 0 Å². The molecule has 1 aromatic heterocycles. The van der Waals surface area contributed by atoms with Gasteiger partial charge in [-0.1, -0.05) is 19.3 Å². The Balaban J connectivity index is 1.62. The average Bonchev–Trinajstić information content (AvgIpc) is 3.08. The zero-order valence-electron chi connectivity index (χ0n) is 14.2. The van der Waals surface area contributed by atoms with Gasteiger partial charge in [-0.25, -0.2) is 0 Å². The molecule has 1 saturated carbocycles. The van der Waals surface area contributed by atoms with Gasteiger partial charge in [-0.2, -0.15) is 16.9 Å². The van der Waals surface area contributed by atoms with Crippen LogP contribution < -0.4 is 5.32 Å². The van der Waals surface area contributed by atoms with E-state index in [0.717, 1.165) is 38.7 Å². The molecule has 5 nitrogen and oxygen atoms in total. The summed E-state index contributed by atoms with van der Waals surface area (Å²) in [7, 11) is 0. The fourth-order valence-electron chi connectivity index (χ4n) is 3.64. The molecular weight excluding hydrogens is 306 g/mol. The highest BCUT2D eigenvalue weighted by atomic mass is 32.2. The van der Waals surface area contributed by atoms with E-state index in [2.05, 4.69) is 34.0 Å². The minimum atomic E-state index is 0.481. The van der Waals surface area contributed by atoms with Crippen molar-refractivity contribution in [1.29, 1.82) is 0 Å². The van der Waals surface area contributed by atoms with Crippen LogP contribution in [0.4, 0.5) is 0 Å². The average molecular weight is 336 g/mol. The van der Waals surface area contributed by atoms with E-state index < -0.39 is 0 Å². The Hall–Kier alpha value is -1.17. The van der Waals surface area contributed by atoms with Crippen LogP contribution in [-0.2, 0) is 6.54 Å². The van der Waals surface area contributed by atoms with Crippen LogP contribution >= 0.6 is 11.8 Å². The van der Waals surface area contributed by atoms with Crippen molar-refractivity contribution in [3.8, 4) is 0 Å². The van der Waals surface area contributed by atoms with Gasteiger partial charge in [0.2, 0.25) is 0 Å². The third-order valence-electron chi connectivity index (χ3n) is 4.80. The van der Waals surface area contributed by atoms with Crippen LogP contribution in [0.5, 0.6) is 0 Å². The van der Waals surface area contributed by atoms with E-state index in [4.69, 9.17) is 4.99 Å². The van der Waals surface area contributed by atoms with Crippen molar-refractivity contribution in [3.05, 3.63) is 18.5 Å². The number of guanidine groups is 1. The summed E-state index contributed by atoms with van der Waals surface area (Å²) < 4.78 is 2.43. The molecule has 0 unspecified atom stereocenters. The first kappa shape index (κ1) is 16.7. The Morgan fingerprint density at radius 2 is 2.22 bits per heavy atom. The Kier molecular flexibility index (Phi) is 5.86. The molecule has 3 rings (SSSR count). The van der Waals surface area contributed by atoms with Crippen molar-refractivity contribution in [2.24, 2.45) is 4.99 Å². The van der Waals surface area contributed by atoms with Crippen LogP contribution in [-0.4, -0.2) is 57.3 Å². The van der Waals surface area contributed by atoms with Gasteiger partial charge in [-0.05, 0) is 25.8 Å². The number of nitrogens with one attached hydrogen (secondary N) is 1. The molecule has 1 aromatic rings. The van der Waals surface area contributed by atoms with Crippen molar-refractivity contribution in [2.45, 2.75) is 50.3 Å². The minimum absolute atomic E-state index is 0.481. The molecule has 2 heterocycles. The summed E-state index contributed by atoms with van der Waals surface area (Å²) in [5.74, 6) is 2.31. The fourth-order valence-corrected chi connectivity index (χ4v) is 5.21. The summed E-state index contributed by atoms with van der Waals surface area (Å²) >= 11 is 2.21. The quantitative estimate of drug-likeness (QED) is 0.679.